The van der Waals surface area contributed by atoms with Crippen LogP contribution in [0.15, 0.2) is 36.7 Å². The molecule has 0 saturated carbocycles. The van der Waals surface area contributed by atoms with Gasteiger partial charge in [-0.2, -0.15) is 13.2 Å². The number of fused-ring (bicyclic) bond motifs is 1. The number of benzene rings is 1. The van der Waals surface area contributed by atoms with E-state index in [1.807, 2.05) is 0 Å². The zero-order chi connectivity index (χ0) is 23.4. The number of anilines is 2. The van der Waals surface area contributed by atoms with Gasteiger partial charge in [-0.3, -0.25) is 14.1 Å². The monoisotopic (exact) mass is 473 g/mol. The van der Waals surface area contributed by atoms with Gasteiger partial charge in [0.05, 0.1) is 11.3 Å². The topological polar surface area (TPSA) is 70.0 Å². The predicted molar refractivity (Wildman–Crippen MR) is 105 cm³/mol. The molecule has 13 heteroatoms. The molecule has 0 spiro atoms. The molecule has 1 aliphatic rings. The van der Waals surface area contributed by atoms with E-state index in [9.17, 15) is 31.5 Å². The van der Waals surface area contributed by atoms with E-state index in [2.05, 4.69) is 10.3 Å². The van der Waals surface area contributed by atoms with Crippen LogP contribution in [0, 0.1) is 11.6 Å². The second-order valence-electron chi connectivity index (χ2n) is 6.92. The third kappa shape index (κ3) is 3.49. The molecular weight excluding hydrogens is 461 g/mol. The normalized spacial score (nSPS) is 16.5. The van der Waals surface area contributed by atoms with Crippen molar-refractivity contribution in [3.63, 3.8) is 0 Å². The lowest BCUT2D eigenvalue weighted by molar-refractivity contribution is -0.137. The van der Waals surface area contributed by atoms with E-state index >= 15 is 0 Å². The fourth-order valence-corrected chi connectivity index (χ4v) is 3.59. The van der Waals surface area contributed by atoms with Gasteiger partial charge in [-0.05, 0) is 24.3 Å². The molecule has 7 nitrogen and oxygen atoms in total. The van der Waals surface area contributed by atoms with Crippen molar-refractivity contribution in [2.75, 3.05) is 23.4 Å². The molecule has 4 rings (SSSR count). The van der Waals surface area contributed by atoms with Crippen molar-refractivity contribution in [1.82, 2.24) is 14.7 Å². The molecule has 1 aromatic carbocycles. The maximum atomic E-state index is 14.4. The van der Waals surface area contributed by atoms with Crippen LogP contribution in [-0.2, 0) is 11.0 Å². The Bertz CT molecular complexity index is 1240. The van der Waals surface area contributed by atoms with E-state index in [1.54, 1.807) is 0 Å². The highest BCUT2D eigenvalue weighted by Gasteiger charge is 2.42. The maximum Gasteiger partial charge on any atom is 0.416 e. The molecule has 1 unspecified atom stereocenters. The van der Waals surface area contributed by atoms with Crippen molar-refractivity contribution < 1.29 is 31.5 Å². The number of pyridine rings is 1. The van der Waals surface area contributed by atoms with Crippen LogP contribution in [0.4, 0.5) is 38.3 Å². The number of imidazole rings is 1. The van der Waals surface area contributed by atoms with Gasteiger partial charge in [-0.25, -0.2) is 18.6 Å². The van der Waals surface area contributed by atoms with Crippen LogP contribution in [0.3, 0.4) is 0 Å². The minimum atomic E-state index is -4.73. The van der Waals surface area contributed by atoms with E-state index in [-0.39, 0.29) is 23.7 Å². The number of carbonyl (C=O) groups excluding carboxylic acids is 2. The Hall–Kier alpha value is -3.41. The molecular formula is C19H13ClF5N5O2. The summed E-state index contributed by atoms with van der Waals surface area (Å²) >= 11 is 5.57. The Balaban J connectivity index is 1.78. The van der Waals surface area contributed by atoms with Crippen LogP contribution in [-0.4, -0.2) is 41.0 Å². The molecule has 0 radical (unpaired) electrons. The largest absolute Gasteiger partial charge is 0.416 e. The predicted octanol–water partition coefficient (Wildman–Crippen LogP) is 3.85. The van der Waals surface area contributed by atoms with Gasteiger partial charge in [0, 0.05) is 26.0 Å². The number of amides is 3. The number of halogens is 6. The summed E-state index contributed by atoms with van der Waals surface area (Å²) < 4.78 is 69.3. The minimum Gasteiger partial charge on any atom is -0.335 e. The molecule has 1 aliphatic heterocycles. The zero-order valence-corrected chi connectivity index (χ0v) is 16.9. The molecule has 3 amide bonds. The molecule has 3 heterocycles. The second-order valence-corrected chi connectivity index (χ2v) is 7.30. The average Bonchev–Trinajstić information content (AvgIpc) is 3.36. The van der Waals surface area contributed by atoms with E-state index in [1.165, 1.54) is 23.8 Å². The summed E-state index contributed by atoms with van der Waals surface area (Å²) in [5.74, 6) is -3.32. The number of urea groups is 1. The van der Waals surface area contributed by atoms with Crippen LogP contribution in [0.5, 0.6) is 0 Å². The Morgan fingerprint density at radius 3 is 2.69 bits per heavy atom. The van der Waals surface area contributed by atoms with Gasteiger partial charge < -0.3 is 10.2 Å². The number of alkyl halides is 3. The lowest BCUT2D eigenvalue weighted by Crippen LogP contribution is -2.47. The van der Waals surface area contributed by atoms with Crippen LogP contribution >= 0.6 is 11.6 Å². The lowest BCUT2D eigenvalue weighted by atomic mass is 10.2. The molecule has 168 valence electrons. The van der Waals surface area contributed by atoms with Gasteiger partial charge in [0.15, 0.2) is 5.82 Å². The molecule has 1 N–H and O–H groups in total. The molecule has 3 aromatic rings. The summed E-state index contributed by atoms with van der Waals surface area (Å²) in [6, 6.07) is 1.21. The maximum absolute atomic E-state index is 14.4. The molecule has 0 aliphatic carbocycles. The number of hydrogen-bond acceptors (Lipinski definition) is 3. The lowest BCUT2D eigenvalue weighted by Gasteiger charge is -2.28. The quantitative estimate of drug-likeness (QED) is 0.464. The molecule has 1 fully saturated rings. The zero-order valence-electron chi connectivity index (χ0n) is 16.1. The van der Waals surface area contributed by atoms with Gasteiger partial charge in [0.2, 0.25) is 0 Å². The molecule has 1 saturated heterocycles. The van der Waals surface area contributed by atoms with Crippen LogP contribution < -0.4 is 15.1 Å². The van der Waals surface area contributed by atoms with Gasteiger partial charge >= 0.3 is 12.2 Å². The Morgan fingerprint density at radius 1 is 1.28 bits per heavy atom. The second kappa shape index (κ2) is 7.62. The Labute approximate surface area is 182 Å². The van der Waals surface area contributed by atoms with Gasteiger partial charge in [0.25, 0.3) is 5.91 Å². The van der Waals surface area contributed by atoms with Crippen molar-refractivity contribution in [3.05, 3.63) is 58.9 Å². The number of carbonyl (C=O) groups is 2. The first-order valence-electron chi connectivity index (χ1n) is 9.03. The molecule has 32 heavy (non-hydrogen) atoms. The highest BCUT2D eigenvalue weighted by Crippen LogP contribution is 2.35. The SMILES string of the molecule is CN(C(=O)C1CNC(=O)N1c1cc(C(F)(F)F)cc2nccn12)c1ccc(F)c(Cl)c1F. The molecule has 2 aromatic heterocycles. The standard InChI is InChI=1S/C19H13ClF5N5O2/c1-28(11-3-2-10(21)15(20)16(11)22)17(31)12-8-27-18(32)30(12)14-7-9(19(23,24)25)6-13-26-4-5-29(13)14/h2-7,12H,8H2,1H3,(H,27,32). The number of aromatic nitrogens is 2. The van der Waals surface area contributed by atoms with Crippen molar-refractivity contribution in [2.24, 2.45) is 0 Å². The Morgan fingerprint density at radius 2 is 2.00 bits per heavy atom. The number of rotatable bonds is 3. The third-order valence-electron chi connectivity index (χ3n) is 5.03. The van der Waals surface area contributed by atoms with Crippen molar-refractivity contribution in [2.45, 2.75) is 12.2 Å². The summed E-state index contributed by atoms with van der Waals surface area (Å²) in [4.78, 5) is 31.1. The van der Waals surface area contributed by atoms with Gasteiger partial charge in [0.1, 0.15) is 28.3 Å². The molecule has 0 bridgehead atoms. The van der Waals surface area contributed by atoms with Crippen LogP contribution in [0.25, 0.3) is 5.65 Å². The van der Waals surface area contributed by atoms with Crippen molar-refractivity contribution >= 4 is 40.7 Å². The highest BCUT2D eigenvalue weighted by atomic mass is 35.5. The minimum absolute atomic E-state index is 0.0922. The van der Waals surface area contributed by atoms with Gasteiger partial charge in [-0.1, -0.05) is 11.6 Å². The van der Waals surface area contributed by atoms with Gasteiger partial charge in [-0.15, -0.1) is 0 Å². The number of hydrogen-bond donors (Lipinski definition) is 1. The van der Waals surface area contributed by atoms with Crippen LogP contribution in [0.2, 0.25) is 5.02 Å². The first-order valence-corrected chi connectivity index (χ1v) is 9.41. The number of nitrogens with zero attached hydrogens (tertiary/aromatic N) is 4. The summed E-state index contributed by atoms with van der Waals surface area (Å²) in [5.41, 5.74) is -1.52. The van der Waals surface area contributed by atoms with Crippen molar-refractivity contribution in [1.29, 1.82) is 0 Å². The Kier molecular flexibility index (Phi) is 5.19. The number of likely N-dealkylation sites (N-methyl/N-ethyl adjacent to an activating group) is 1. The molecule has 1 atom stereocenters. The first kappa shape index (κ1) is 21.8. The first-order chi connectivity index (χ1) is 15.0. The summed E-state index contributed by atoms with van der Waals surface area (Å²) in [7, 11) is 1.18. The van der Waals surface area contributed by atoms with Crippen LogP contribution in [0.1, 0.15) is 5.56 Å². The van der Waals surface area contributed by atoms with E-state index in [4.69, 9.17) is 11.6 Å². The van der Waals surface area contributed by atoms with Crippen molar-refractivity contribution in [3.8, 4) is 0 Å². The number of nitrogens with one attached hydrogen (secondary N) is 1. The summed E-state index contributed by atoms with van der Waals surface area (Å²) in [5, 5.41) is 1.58. The fourth-order valence-electron chi connectivity index (χ4n) is 3.43. The smallest absolute Gasteiger partial charge is 0.335 e. The summed E-state index contributed by atoms with van der Waals surface area (Å²) in [6.07, 6.45) is -2.16. The average molecular weight is 474 g/mol. The fraction of sp³-hybridized carbons (Fsp3) is 0.211. The van der Waals surface area contributed by atoms with E-state index < -0.39 is 46.4 Å². The highest BCUT2D eigenvalue weighted by molar-refractivity contribution is 6.31. The third-order valence-corrected chi connectivity index (χ3v) is 5.37. The summed E-state index contributed by atoms with van der Waals surface area (Å²) in [6.45, 7) is -0.259. The van der Waals surface area contributed by atoms with E-state index in [0.717, 1.165) is 34.1 Å². The van der Waals surface area contributed by atoms with E-state index in [0.29, 0.717) is 0 Å².